The van der Waals surface area contributed by atoms with Crippen LogP contribution in [0.5, 0.6) is 5.75 Å². The second-order valence-electron chi connectivity index (χ2n) is 5.85. The first-order valence-corrected chi connectivity index (χ1v) is 7.60. The van der Waals surface area contributed by atoms with Crippen LogP contribution in [0.15, 0.2) is 22.7 Å². The molecule has 1 aromatic carbocycles. The molecule has 1 aromatic rings. The third kappa shape index (κ3) is 3.52. The largest absolute Gasteiger partial charge is 0.497 e. The summed E-state index contributed by atoms with van der Waals surface area (Å²) in [5.74, 6) is 0.723. The smallest absolute Gasteiger partial charge is 0.242 e. The molecule has 1 saturated heterocycles. The van der Waals surface area contributed by atoms with Gasteiger partial charge in [0.15, 0.2) is 0 Å². The number of methoxy groups -OCH3 is 1. The minimum atomic E-state index is -0.166. The van der Waals surface area contributed by atoms with E-state index in [4.69, 9.17) is 4.74 Å². The van der Waals surface area contributed by atoms with E-state index in [1.807, 2.05) is 18.2 Å². The number of nitrogens with one attached hydrogen (secondary N) is 2. The van der Waals surface area contributed by atoms with Crippen LogP contribution >= 0.6 is 15.9 Å². The molecule has 2 rings (SSSR count). The quantitative estimate of drug-likeness (QED) is 0.888. The summed E-state index contributed by atoms with van der Waals surface area (Å²) >= 11 is 3.42. The molecule has 2 N–H and O–H groups in total. The van der Waals surface area contributed by atoms with Crippen molar-refractivity contribution >= 4 is 27.5 Å². The second kappa shape index (κ2) is 6.14. The van der Waals surface area contributed by atoms with E-state index in [-0.39, 0.29) is 17.4 Å². The predicted octanol–water partition coefficient (Wildman–Crippen LogP) is 3.17. The molecule has 1 atom stereocenters. The topological polar surface area (TPSA) is 50.4 Å². The number of hydrogen-bond acceptors (Lipinski definition) is 3. The van der Waals surface area contributed by atoms with Crippen LogP contribution in [0.2, 0.25) is 0 Å². The first kappa shape index (κ1) is 15.3. The van der Waals surface area contributed by atoms with Crippen molar-refractivity contribution in [3.8, 4) is 5.75 Å². The Morgan fingerprint density at radius 2 is 2.20 bits per heavy atom. The lowest BCUT2D eigenvalue weighted by Gasteiger charge is -2.38. The molecule has 1 heterocycles. The van der Waals surface area contributed by atoms with Crippen LogP contribution in [0.3, 0.4) is 0 Å². The summed E-state index contributed by atoms with van der Waals surface area (Å²) in [6, 6.07) is 5.38. The van der Waals surface area contributed by atoms with Gasteiger partial charge in [-0.25, -0.2) is 0 Å². The number of amides is 1. The number of piperidine rings is 1. The molecular weight excluding hydrogens is 320 g/mol. The predicted molar refractivity (Wildman–Crippen MR) is 84.1 cm³/mol. The van der Waals surface area contributed by atoms with Gasteiger partial charge in [0.1, 0.15) is 5.75 Å². The van der Waals surface area contributed by atoms with Crippen molar-refractivity contribution < 1.29 is 9.53 Å². The zero-order valence-corrected chi connectivity index (χ0v) is 13.7. The maximum Gasteiger partial charge on any atom is 0.242 e. The lowest BCUT2D eigenvalue weighted by atomic mass is 9.77. The first-order chi connectivity index (χ1) is 9.42. The lowest BCUT2D eigenvalue weighted by molar-refractivity contribution is -0.121. The van der Waals surface area contributed by atoms with Gasteiger partial charge in [0.25, 0.3) is 0 Å². The van der Waals surface area contributed by atoms with E-state index < -0.39 is 0 Å². The van der Waals surface area contributed by atoms with Crippen molar-refractivity contribution in [1.82, 2.24) is 5.32 Å². The van der Waals surface area contributed by atoms with E-state index in [0.717, 1.165) is 29.5 Å². The van der Waals surface area contributed by atoms with E-state index >= 15 is 0 Å². The molecule has 20 heavy (non-hydrogen) atoms. The number of halogens is 1. The summed E-state index contributed by atoms with van der Waals surface area (Å²) in [4.78, 5) is 12.5. The molecule has 0 bridgehead atoms. The van der Waals surface area contributed by atoms with Crippen LogP contribution in [-0.2, 0) is 4.79 Å². The molecule has 0 radical (unpaired) electrons. The third-order valence-corrected chi connectivity index (χ3v) is 4.22. The summed E-state index contributed by atoms with van der Waals surface area (Å²) in [5.41, 5.74) is 0.711. The number of carbonyl (C=O) groups excluding carboxylic acids is 1. The summed E-state index contributed by atoms with van der Waals surface area (Å²) in [5, 5.41) is 6.29. The number of benzene rings is 1. The van der Waals surface area contributed by atoms with Gasteiger partial charge in [0.2, 0.25) is 5.91 Å². The molecule has 0 saturated carbocycles. The lowest BCUT2D eigenvalue weighted by Crippen LogP contribution is -2.53. The van der Waals surface area contributed by atoms with Crippen molar-refractivity contribution in [2.24, 2.45) is 5.41 Å². The zero-order valence-electron chi connectivity index (χ0n) is 12.1. The number of ether oxygens (including phenoxy) is 1. The fourth-order valence-electron chi connectivity index (χ4n) is 2.63. The summed E-state index contributed by atoms with van der Waals surface area (Å²) < 4.78 is 6.08. The summed E-state index contributed by atoms with van der Waals surface area (Å²) in [7, 11) is 1.61. The standard InChI is InChI=1S/C15H21BrN2O2/c1-15(2)5-4-6-17-13(15)14(19)18-11-7-10(16)8-12(9-11)20-3/h7-9,13,17H,4-6H2,1-3H3,(H,18,19). The van der Waals surface area contributed by atoms with Gasteiger partial charge in [0, 0.05) is 16.2 Å². The molecule has 0 aliphatic carbocycles. The fraction of sp³-hybridized carbons (Fsp3) is 0.533. The van der Waals surface area contributed by atoms with E-state index in [2.05, 4.69) is 40.4 Å². The highest BCUT2D eigenvalue weighted by molar-refractivity contribution is 9.10. The van der Waals surface area contributed by atoms with Gasteiger partial charge in [-0.1, -0.05) is 29.8 Å². The molecule has 0 spiro atoms. The van der Waals surface area contributed by atoms with Gasteiger partial charge in [-0.15, -0.1) is 0 Å². The Morgan fingerprint density at radius 3 is 2.85 bits per heavy atom. The van der Waals surface area contributed by atoms with Crippen LogP contribution in [0.4, 0.5) is 5.69 Å². The Hall–Kier alpha value is -1.07. The second-order valence-corrected chi connectivity index (χ2v) is 6.76. The number of carbonyl (C=O) groups is 1. The summed E-state index contributed by atoms with van der Waals surface area (Å²) in [6.07, 6.45) is 2.17. The maximum atomic E-state index is 12.5. The van der Waals surface area contributed by atoms with Crippen molar-refractivity contribution in [3.05, 3.63) is 22.7 Å². The van der Waals surface area contributed by atoms with E-state index in [9.17, 15) is 4.79 Å². The van der Waals surface area contributed by atoms with Gasteiger partial charge < -0.3 is 15.4 Å². The number of anilines is 1. The summed E-state index contributed by atoms with van der Waals surface area (Å²) in [6.45, 7) is 5.15. The van der Waals surface area contributed by atoms with Crippen molar-refractivity contribution in [2.45, 2.75) is 32.7 Å². The minimum Gasteiger partial charge on any atom is -0.497 e. The Labute approximate surface area is 128 Å². The molecule has 5 heteroatoms. The van der Waals surface area contributed by atoms with Crippen LogP contribution in [0.1, 0.15) is 26.7 Å². The van der Waals surface area contributed by atoms with Gasteiger partial charge in [-0.05, 0) is 36.9 Å². The normalized spacial score (nSPS) is 21.3. The highest BCUT2D eigenvalue weighted by Crippen LogP contribution is 2.31. The fourth-order valence-corrected chi connectivity index (χ4v) is 3.10. The molecule has 1 aliphatic heterocycles. The molecule has 4 nitrogen and oxygen atoms in total. The Balaban J connectivity index is 2.13. The molecular formula is C15H21BrN2O2. The number of hydrogen-bond donors (Lipinski definition) is 2. The van der Waals surface area contributed by atoms with Crippen molar-refractivity contribution in [2.75, 3.05) is 19.0 Å². The molecule has 0 aromatic heterocycles. The van der Waals surface area contributed by atoms with E-state index in [1.165, 1.54) is 0 Å². The average Bonchev–Trinajstić information content (AvgIpc) is 2.37. The van der Waals surface area contributed by atoms with Crippen molar-refractivity contribution in [1.29, 1.82) is 0 Å². The SMILES string of the molecule is COc1cc(Br)cc(NC(=O)C2NCCCC2(C)C)c1. The van der Waals surface area contributed by atoms with Crippen molar-refractivity contribution in [3.63, 3.8) is 0 Å². The third-order valence-electron chi connectivity index (χ3n) is 3.76. The van der Waals surface area contributed by atoms with Gasteiger partial charge in [-0.2, -0.15) is 0 Å². The average molecular weight is 341 g/mol. The highest BCUT2D eigenvalue weighted by atomic mass is 79.9. The van der Waals surface area contributed by atoms with Crippen LogP contribution in [0, 0.1) is 5.41 Å². The number of rotatable bonds is 3. The van der Waals surface area contributed by atoms with Crippen LogP contribution < -0.4 is 15.4 Å². The Bertz CT molecular complexity index is 503. The molecule has 1 fully saturated rings. The molecule has 1 amide bonds. The molecule has 110 valence electrons. The van der Waals surface area contributed by atoms with Gasteiger partial charge >= 0.3 is 0 Å². The highest BCUT2D eigenvalue weighted by Gasteiger charge is 2.37. The van der Waals surface area contributed by atoms with Crippen LogP contribution in [0.25, 0.3) is 0 Å². The van der Waals surface area contributed by atoms with Crippen LogP contribution in [-0.4, -0.2) is 25.6 Å². The van der Waals surface area contributed by atoms with E-state index in [0.29, 0.717) is 5.75 Å². The zero-order chi connectivity index (χ0) is 14.8. The van der Waals surface area contributed by atoms with E-state index in [1.54, 1.807) is 7.11 Å². The molecule has 1 aliphatic rings. The minimum absolute atomic E-state index is 0.00912. The molecule has 1 unspecified atom stereocenters. The van der Waals surface area contributed by atoms with Gasteiger partial charge in [0.05, 0.1) is 13.2 Å². The maximum absolute atomic E-state index is 12.5. The first-order valence-electron chi connectivity index (χ1n) is 6.81. The Kier molecular flexibility index (Phi) is 4.70. The van der Waals surface area contributed by atoms with Gasteiger partial charge in [-0.3, -0.25) is 4.79 Å². The monoisotopic (exact) mass is 340 g/mol. The Morgan fingerprint density at radius 1 is 1.45 bits per heavy atom.